The number of aliphatic hydroxyl groups excluding tert-OH is 1. The zero-order valence-corrected chi connectivity index (χ0v) is 13.6. The fourth-order valence-corrected chi connectivity index (χ4v) is 2.39. The van der Waals surface area contributed by atoms with Crippen molar-refractivity contribution >= 4 is 11.7 Å². The molecule has 2 aromatic rings. The summed E-state index contributed by atoms with van der Waals surface area (Å²) in [4.78, 5) is 12.0. The standard InChI is InChI=1S/C17H24N4O2/c1-13(2)8-15(12-22)19-17(23)20-16-9-18-21(11-16)10-14-6-4-3-5-7-14/h3-7,9,11,13,15,22H,8,10,12H2,1-2H3,(H2,19,20,23). The summed E-state index contributed by atoms with van der Waals surface area (Å²) < 4.78 is 1.77. The minimum atomic E-state index is -0.330. The van der Waals surface area contributed by atoms with Crippen molar-refractivity contribution in [3.05, 3.63) is 48.3 Å². The minimum absolute atomic E-state index is 0.0706. The van der Waals surface area contributed by atoms with Gasteiger partial charge >= 0.3 is 6.03 Å². The fraction of sp³-hybridized carbons (Fsp3) is 0.412. The molecule has 0 radical (unpaired) electrons. The molecule has 2 rings (SSSR count). The van der Waals surface area contributed by atoms with Crippen LogP contribution in [-0.2, 0) is 6.54 Å². The lowest BCUT2D eigenvalue weighted by atomic mass is 10.0. The van der Waals surface area contributed by atoms with Gasteiger partial charge in [-0.1, -0.05) is 44.2 Å². The highest BCUT2D eigenvalue weighted by atomic mass is 16.3. The molecule has 0 aliphatic carbocycles. The molecule has 1 atom stereocenters. The van der Waals surface area contributed by atoms with Crippen LogP contribution in [0.5, 0.6) is 0 Å². The van der Waals surface area contributed by atoms with E-state index in [2.05, 4.69) is 29.6 Å². The highest BCUT2D eigenvalue weighted by Crippen LogP contribution is 2.09. The Morgan fingerprint density at radius 3 is 2.70 bits per heavy atom. The molecule has 23 heavy (non-hydrogen) atoms. The first-order chi connectivity index (χ1) is 11.1. The van der Waals surface area contributed by atoms with Crippen LogP contribution in [0.3, 0.4) is 0 Å². The summed E-state index contributed by atoms with van der Waals surface area (Å²) in [6, 6.07) is 9.42. The first kappa shape index (κ1) is 17.0. The van der Waals surface area contributed by atoms with Gasteiger partial charge in [-0.25, -0.2) is 4.79 Å². The number of amides is 2. The van der Waals surface area contributed by atoms with Crippen LogP contribution in [-0.4, -0.2) is 33.6 Å². The number of nitrogens with zero attached hydrogens (tertiary/aromatic N) is 2. The van der Waals surface area contributed by atoms with Gasteiger partial charge in [-0.3, -0.25) is 4.68 Å². The number of benzene rings is 1. The van der Waals surface area contributed by atoms with Crippen LogP contribution >= 0.6 is 0 Å². The van der Waals surface area contributed by atoms with Crippen molar-refractivity contribution in [3.8, 4) is 0 Å². The Kier molecular flexibility index (Phi) is 6.17. The van der Waals surface area contributed by atoms with E-state index in [4.69, 9.17) is 0 Å². The molecule has 0 aliphatic rings. The molecule has 0 bridgehead atoms. The molecule has 0 aliphatic heterocycles. The van der Waals surface area contributed by atoms with Crippen LogP contribution in [0.25, 0.3) is 0 Å². The lowest BCUT2D eigenvalue weighted by Crippen LogP contribution is -2.40. The number of aliphatic hydroxyl groups is 1. The van der Waals surface area contributed by atoms with Gasteiger partial charge in [0.15, 0.2) is 0 Å². The molecule has 1 aromatic carbocycles. The van der Waals surface area contributed by atoms with Crippen molar-refractivity contribution in [2.24, 2.45) is 5.92 Å². The van der Waals surface area contributed by atoms with Crippen LogP contribution < -0.4 is 10.6 Å². The summed E-state index contributed by atoms with van der Waals surface area (Å²) in [5.41, 5.74) is 1.77. The topological polar surface area (TPSA) is 79.2 Å². The van der Waals surface area contributed by atoms with E-state index in [9.17, 15) is 9.90 Å². The van der Waals surface area contributed by atoms with E-state index in [0.717, 1.165) is 12.0 Å². The van der Waals surface area contributed by atoms with Gasteiger partial charge in [-0.2, -0.15) is 5.10 Å². The second-order valence-corrected chi connectivity index (χ2v) is 6.02. The van der Waals surface area contributed by atoms with Gasteiger partial charge in [0.2, 0.25) is 0 Å². The Morgan fingerprint density at radius 2 is 2.04 bits per heavy atom. The van der Waals surface area contributed by atoms with Gasteiger partial charge < -0.3 is 15.7 Å². The lowest BCUT2D eigenvalue weighted by molar-refractivity contribution is 0.214. The molecule has 0 saturated carbocycles. The molecule has 3 N–H and O–H groups in total. The largest absolute Gasteiger partial charge is 0.394 e. The number of anilines is 1. The molecule has 2 amide bonds. The normalized spacial score (nSPS) is 12.2. The predicted molar refractivity (Wildman–Crippen MR) is 90.3 cm³/mol. The number of rotatable bonds is 7. The molecule has 6 nitrogen and oxygen atoms in total. The average molecular weight is 316 g/mol. The number of hydrogen-bond acceptors (Lipinski definition) is 3. The van der Waals surface area contributed by atoms with E-state index >= 15 is 0 Å². The third kappa shape index (κ3) is 5.75. The van der Waals surface area contributed by atoms with Crippen molar-refractivity contribution in [3.63, 3.8) is 0 Å². The summed E-state index contributed by atoms with van der Waals surface area (Å²) in [7, 11) is 0. The molecule has 1 aromatic heterocycles. The van der Waals surface area contributed by atoms with Crippen LogP contribution in [0, 0.1) is 5.92 Å². The van der Waals surface area contributed by atoms with Crippen LogP contribution in [0.2, 0.25) is 0 Å². The minimum Gasteiger partial charge on any atom is -0.394 e. The predicted octanol–water partition coefficient (Wildman–Crippen LogP) is 2.46. The smallest absolute Gasteiger partial charge is 0.319 e. The summed E-state index contributed by atoms with van der Waals surface area (Å²) in [6.45, 7) is 4.68. The number of urea groups is 1. The average Bonchev–Trinajstić information content (AvgIpc) is 2.94. The van der Waals surface area contributed by atoms with Gasteiger partial charge in [0, 0.05) is 6.20 Å². The van der Waals surface area contributed by atoms with Gasteiger partial charge in [-0.05, 0) is 17.9 Å². The highest BCUT2D eigenvalue weighted by Gasteiger charge is 2.13. The maximum Gasteiger partial charge on any atom is 0.319 e. The molecule has 1 heterocycles. The number of nitrogens with one attached hydrogen (secondary N) is 2. The van der Waals surface area contributed by atoms with Crippen molar-refractivity contribution in [1.82, 2.24) is 15.1 Å². The summed E-state index contributed by atoms with van der Waals surface area (Å²) >= 11 is 0. The third-order valence-corrected chi connectivity index (χ3v) is 3.39. The Labute approximate surface area is 136 Å². The molecule has 0 spiro atoms. The van der Waals surface area contributed by atoms with Crippen LogP contribution in [0.15, 0.2) is 42.7 Å². The maximum atomic E-state index is 12.0. The number of aromatic nitrogens is 2. The molecule has 6 heteroatoms. The summed E-state index contributed by atoms with van der Waals surface area (Å²) in [5.74, 6) is 0.404. The second kappa shape index (κ2) is 8.33. The van der Waals surface area contributed by atoms with Gasteiger partial charge in [0.1, 0.15) is 0 Å². The first-order valence-corrected chi connectivity index (χ1v) is 7.81. The van der Waals surface area contributed by atoms with Crippen molar-refractivity contribution < 1.29 is 9.90 Å². The van der Waals surface area contributed by atoms with Gasteiger partial charge in [0.25, 0.3) is 0 Å². The van der Waals surface area contributed by atoms with Gasteiger partial charge in [0.05, 0.1) is 31.1 Å². The Hall–Kier alpha value is -2.34. The van der Waals surface area contributed by atoms with Crippen LogP contribution in [0.4, 0.5) is 10.5 Å². The zero-order valence-electron chi connectivity index (χ0n) is 13.6. The molecule has 124 valence electrons. The van der Waals surface area contributed by atoms with Gasteiger partial charge in [-0.15, -0.1) is 0 Å². The van der Waals surface area contributed by atoms with E-state index in [-0.39, 0.29) is 18.7 Å². The lowest BCUT2D eigenvalue weighted by Gasteiger charge is -2.18. The second-order valence-electron chi connectivity index (χ2n) is 6.02. The monoisotopic (exact) mass is 316 g/mol. The van der Waals surface area contributed by atoms with Crippen molar-refractivity contribution in [1.29, 1.82) is 0 Å². The Morgan fingerprint density at radius 1 is 1.30 bits per heavy atom. The maximum absolute atomic E-state index is 12.0. The SMILES string of the molecule is CC(C)CC(CO)NC(=O)Nc1cnn(Cc2ccccc2)c1. The quantitative estimate of drug-likeness (QED) is 0.734. The van der Waals surface area contributed by atoms with Crippen molar-refractivity contribution in [2.45, 2.75) is 32.9 Å². The first-order valence-electron chi connectivity index (χ1n) is 7.81. The Balaban J connectivity index is 1.87. The van der Waals surface area contributed by atoms with E-state index < -0.39 is 0 Å². The summed E-state index contributed by atoms with van der Waals surface area (Å²) in [5, 5.41) is 19.0. The molecule has 0 fully saturated rings. The third-order valence-electron chi connectivity index (χ3n) is 3.39. The molecular formula is C17H24N4O2. The summed E-state index contributed by atoms with van der Waals surface area (Å²) in [6.07, 6.45) is 4.12. The Bertz CT molecular complexity index is 610. The number of hydrogen-bond donors (Lipinski definition) is 3. The molecular weight excluding hydrogens is 292 g/mol. The fourth-order valence-electron chi connectivity index (χ4n) is 2.39. The molecule has 1 unspecified atom stereocenters. The van der Waals surface area contributed by atoms with E-state index in [1.165, 1.54) is 0 Å². The van der Waals surface area contributed by atoms with E-state index in [0.29, 0.717) is 18.2 Å². The van der Waals surface area contributed by atoms with E-state index in [1.807, 2.05) is 30.3 Å². The highest BCUT2D eigenvalue weighted by molar-refractivity contribution is 5.89. The number of carbonyl (C=O) groups excluding carboxylic acids is 1. The molecule has 0 saturated heterocycles. The zero-order chi connectivity index (χ0) is 16.7. The van der Waals surface area contributed by atoms with Crippen molar-refractivity contribution in [2.75, 3.05) is 11.9 Å². The number of carbonyl (C=O) groups is 1. The van der Waals surface area contributed by atoms with Crippen LogP contribution in [0.1, 0.15) is 25.8 Å². The van der Waals surface area contributed by atoms with E-state index in [1.54, 1.807) is 17.1 Å².